The zero-order chi connectivity index (χ0) is 15.3. The van der Waals surface area contributed by atoms with Crippen LogP contribution >= 0.6 is 7.60 Å². The summed E-state index contributed by atoms with van der Waals surface area (Å²) < 4.78 is 54.1. The zero-order valence-corrected chi connectivity index (χ0v) is 13.2. The van der Waals surface area contributed by atoms with Crippen molar-refractivity contribution in [3.8, 4) is 0 Å². The number of hydrogen-bond donors (Lipinski definition) is 0. The van der Waals surface area contributed by atoms with Crippen molar-refractivity contribution in [2.24, 2.45) is 0 Å². The Morgan fingerprint density at radius 3 is 1.89 bits per heavy atom. The van der Waals surface area contributed by atoms with Crippen LogP contribution in [0.5, 0.6) is 0 Å². The van der Waals surface area contributed by atoms with Crippen molar-refractivity contribution in [2.75, 3.05) is 26.6 Å². The minimum Gasteiger partial charge on any atom is -0.466 e. The molecule has 0 aromatic rings. The van der Waals surface area contributed by atoms with Gasteiger partial charge in [0, 0.05) is 0 Å². The first-order valence-corrected chi connectivity index (χ1v) is 8.80. The molecule has 1 atom stereocenters. The molecular weight excluding hydrogens is 299 g/mol. The highest BCUT2D eigenvalue weighted by Gasteiger charge is 2.58. The first-order chi connectivity index (χ1) is 8.56. The third kappa shape index (κ3) is 4.54. The van der Waals surface area contributed by atoms with Crippen LogP contribution in [0, 0.1) is 0 Å². The summed E-state index contributed by atoms with van der Waals surface area (Å²) in [7, 11) is -7.27. The highest BCUT2D eigenvalue weighted by Crippen LogP contribution is 2.61. The topological polar surface area (TPSA) is 105 Å². The number of ether oxygens (including phenoxy) is 1. The fraction of sp³-hybridized carbons (Fsp3) is 0.889. The van der Waals surface area contributed by atoms with Crippen LogP contribution in [0.15, 0.2) is 0 Å². The molecule has 0 spiro atoms. The molecular formula is C9H19O8PS. The molecule has 0 radical (unpaired) electrons. The summed E-state index contributed by atoms with van der Waals surface area (Å²) in [5.41, 5.74) is 0. The van der Waals surface area contributed by atoms with Crippen molar-refractivity contribution in [1.29, 1.82) is 0 Å². The lowest BCUT2D eigenvalue weighted by molar-refractivity contribution is -0.152. The van der Waals surface area contributed by atoms with Crippen molar-refractivity contribution in [1.82, 2.24) is 0 Å². The smallest absolute Gasteiger partial charge is 0.375 e. The Labute approximate surface area is 113 Å². The third-order valence-electron chi connectivity index (χ3n) is 2.00. The van der Waals surface area contributed by atoms with Crippen LogP contribution in [0.3, 0.4) is 0 Å². The van der Waals surface area contributed by atoms with Gasteiger partial charge in [-0.1, -0.05) is 0 Å². The SMILES string of the molecule is CCOP(=O)(OCC)C(C)(OS(C)(=O)=O)C(=O)OC. The summed E-state index contributed by atoms with van der Waals surface area (Å²) in [6, 6.07) is 0. The van der Waals surface area contributed by atoms with E-state index in [1.165, 1.54) is 13.8 Å². The lowest BCUT2D eigenvalue weighted by atomic mass is 10.4. The molecule has 0 amide bonds. The van der Waals surface area contributed by atoms with Gasteiger partial charge in [-0.2, -0.15) is 8.42 Å². The van der Waals surface area contributed by atoms with Crippen LogP contribution in [0.2, 0.25) is 0 Å². The Kier molecular flexibility index (Phi) is 6.64. The van der Waals surface area contributed by atoms with Gasteiger partial charge in [0.2, 0.25) is 0 Å². The van der Waals surface area contributed by atoms with Crippen molar-refractivity contribution in [3.05, 3.63) is 0 Å². The van der Waals surface area contributed by atoms with Gasteiger partial charge >= 0.3 is 13.6 Å². The molecule has 0 rings (SSSR count). The molecule has 10 heteroatoms. The minimum atomic E-state index is -4.19. The maximum Gasteiger partial charge on any atom is 0.375 e. The predicted octanol–water partition coefficient (Wildman–Crippen LogP) is 1.12. The van der Waals surface area contributed by atoms with Gasteiger partial charge in [-0.15, -0.1) is 0 Å². The average molecular weight is 318 g/mol. The van der Waals surface area contributed by atoms with Crippen molar-refractivity contribution >= 4 is 23.7 Å². The van der Waals surface area contributed by atoms with Gasteiger partial charge in [-0.3, -0.25) is 4.57 Å². The van der Waals surface area contributed by atoms with Gasteiger partial charge < -0.3 is 13.8 Å². The van der Waals surface area contributed by atoms with E-state index >= 15 is 0 Å². The van der Waals surface area contributed by atoms with E-state index in [0.717, 1.165) is 20.3 Å². The Bertz CT molecular complexity index is 449. The van der Waals surface area contributed by atoms with Crippen molar-refractivity contribution < 1.29 is 35.7 Å². The van der Waals surface area contributed by atoms with E-state index in [9.17, 15) is 17.8 Å². The molecule has 0 saturated carbocycles. The maximum absolute atomic E-state index is 12.6. The van der Waals surface area contributed by atoms with Gasteiger partial charge in [0.15, 0.2) is 0 Å². The summed E-state index contributed by atoms with van der Waals surface area (Å²) in [4.78, 5) is 11.8. The van der Waals surface area contributed by atoms with Gasteiger partial charge in [-0.25, -0.2) is 8.98 Å². The highest BCUT2D eigenvalue weighted by molar-refractivity contribution is 7.86. The first kappa shape index (κ1) is 18.5. The molecule has 19 heavy (non-hydrogen) atoms. The van der Waals surface area contributed by atoms with E-state index in [-0.39, 0.29) is 13.2 Å². The monoisotopic (exact) mass is 318 g/mol. The van der Waals surface area contributed by atoms with E-state index in [1.807, 2.05) is 0 Å². The van der Waals surface area contributed by atoms with Crippen LogP contribution in [0.4, 0.5) is 0 Å². The fourth-order valence-electron chi connectivity index (χ4n) is 1.30. The van der Waals surface area contributed by atoms with Crippen LogP contribution in [-0.4, -0.2) is 46.3 Å². The zero-order valence-electron chi connectivity index (χ0n) is 11.5. The molecule has 0 fully saturated rings. The molecule has 0 aliphatic rings. The van der Waals surface area contributed by atoms with Gasteiger partial charge in [-0.05, 0) is 20.8 Å². The van der Waals surface area contributed by atoms with E-state index in [2.05, 4.69) is 8.92 Å². The van der Waals surface area contributed by atoms with Gasteiger partial charge in [0.25, 0.3) is 15.5 Å². The normalized spacial score (nSPS) is 15.8. The molecule has 1 unspecified atom stereocenters. The van der Waals surface area contributed by atoms with Gasteiger partial charge in [0.05, 0.1) is 26.6 Å². The molecule has 114 valence electrons. The average Bonchev–Trinajstić information content (AvgIpc) is 2.26. The molecule has 0 bridgehead atoms. The molecule has 0 aliphatic heterocycles. The maximum atomic E-state index is 12.6. The number of carbonyl (C=O) groups is 1. The molecule has 0 aliphatic carbocycles. The second kappa shape index (κ2) is 6.81. The molecule has 0 aromatic carbocycles. The molecule has 0 aromatic heterocycles. The van der Waals surface area contributed by atoms with Crippen LogP contribution in [0.25, 0.3) is 0 Å². The second-order valence-electron chi connectivity index (χ2n) is 3.59. The lowest BCUT2D eigenvalue weighted by Crippen LogP contribution is -2.42. The minimum absolute atomic E-state index is 0.0585. The Hall–Kier alpha value is -0.470. The van der Waals surface area contributed by atoms with Crippen LogP contribution < -0.4 is 0 Å². The fourth-order valence-corrected chi connectivity index (χ4v) is 4.29. The Morgan fingerprint density at radius 1 is 1.21 bits per heavy atom. The van der Waals surface area contributed by atoms with E-state index in [0.29, 0.717) is 0 Å². The number of hydrogen-bond acceptors (Lipinski definition) is 8. The first-order valence-electron chi connectivity index (χ1n) is 5.44. The molecule has 0 saturated heterocycles. The van der Waals surface area contributed by atoms with Crippen LogP contribution in [0.1, 0.15) is 20.8 Å². The van der Waals surface area contributed by atoms with E-state index < -0.39 is 29.0 Å². The number of rotatable bonds is 8. The van der Waals surface area contributed by atoms with Crippen molar-refractivity contribution in [2.45, 2.75) is 26.1 Å². The number of methoxy groups -OCH3 is 1. The predicted molar refractivity (Wildman–Crippen MR) is 67.2 cm³/mol. The Morgan fingerprint density at radius 2 is 1.63 bits per heavy atom. The van der Waals surface area contributed by atoms with Crippen molar-refractivity contribution in [3.63, 3.8) is 0 Å². The lowest BCUT2D eigenvalue weighted by Gasteiger charge is -2.31. The third-order valence-corrected chi connectivity index (χ3v) is 5.27. The molecule has 0 N–H and O–H groups in total. The summed E-state index contributed by atoms with van der Waals surface area (Å²) in [5.74, 6) is -1.16. The number of carbonyl (C=O) groups excluding carboxylic acids is 1. The standard InChI is InChI=1S/C9H19O8PS/c1-6-15-18(11,16-7-2)9(3,8(10)14-4)17-19(5,12)13/h6-7H2,1-5H3. The summed E-state index contributed by atoms with van der Waals surface area (Å²) in [5, 5.41) is -2.39. The van der Waals surface area contributed by atoms with E-state index in [4.69, 9.17) is 9.05 Å². The van der Waals surface area contributed by atoms with Gasteiger partial charge in [0.1, 0.15) is 0 Å². The van der Waals surface area contributed by atoms with E-state index in [1.54, 1.807) is 0 Å². The summed E-state index contributed by atoms with van der Waals surface area (Å²) in [6.45, 7) is 3.91. The number of esters is 1. The molecule has 8 nitrogen and oxygen atoms in total. The summed E-state index contributed by atoms with van der Waals surface area (Å²) in [6.07, 6.45) is 0.719. The Balaban J connectivity index is 5.80. The second-order valence-corrected chi connectivity index (χ2v) is 7.53. The summed E-state index contributed by atoms with van der Waals surface area (Å²) >= 11 is 0. The largest absolute Gasteiger partial charge is 0.466 e. The van der Waals surface area contributed by atoms with Crippen LogP contribution in [-0.2, 0) is 37.4 Å². The molecule has 0 heterocycles. The quantitative estimate of drug-likeness (QED) is 0.372. The highest BCUT2D eigenvalue weighted by atomic mass is 32.2.